The van der Waals surface area contributed by atoms with Crippen LogP contribution in [0.4, 0.5) is 8.78 Å². The van der Waals surface area contributed by atoms with E-state index in [9.17, 15) is 13.0 Å². The summed E-state index contributed by atoms with van der Waals surface area (Å²) in [6.45, 7) is 6.81. The fraction of sp³-hybridized carbons (Fsp3) is 0.647. The van der Waals surface area contributed by atoms with Gasteiger partial charge in [0.1, 0.15) is 11.6 Å². The summed E-state index contributed by atoms with van der Waals surface area (Å²) >= 11 is 0. The Morgan fingerprint density at radius 2 is 1.79 bits per heavy atom. The van der Waals surface area contributed by atoms with E-state index >= 15 is 0 Å². The zero-order valence-electron chi connectivity index (χ0n) is 14.3. The summed E-state index contributed by atoms with van der Waals surface area (Å²) in [5, 5.41) is 0. The maximum atomic E-state index is 13.6. The second-order valence-corrected chi connectivity index (χ2v) is 8.85. The quantitative estimate of drug-likeness (QED) is 0.842. The first-order chi connectivity index (χ1) is 11.3. The summed E-state index contributed by atoms with van der Waals surface area (Å²) < 4.78 is 53.1. The molecule has 0 radical (unpaired) electrons. The van der Waals surface area contributed by atoms with Crippen molar-refractivity contribution in [3.05, 3.63) is 35.4 Å². The normalized spacial score (nSPS) is 19.2. The van der Waals surface area contributed by atoms with Crippen LogP contribution in [0.15, 0.2) is 18.2 Å². The van der Waals surface area contributed by atoms with Gasteiger partial charge >= 0.3 is 0 Å². The molecule has 136 valence electrons. The van der Waals surface area contributed by atoms with Crippen LogP contribution in [0.5, 0.6) is 0 Å². The number of nitrogens with one attached hydrogen (secondary N) is 1. The highest BCUT2D eigenvalue weighted by Gasteiger charge is 2.25. The minimum absolute atomic E-state index is 0.329. The molecule has 1 fully saturated rings. The lowest BCUT2D eigenvalue weighted by atomic mass is 10.0. The smallest absolute Gasteiger partial charge is 0.157 e. The van der Waals surface area contributed by atoms with Gasteiger partial charge in [-0.15, -0.1) is 0 Å². The minimum Gasteiger partial charge on any atom is -0.353 e. The number of halogens is 2. The number of benzene rings is 1. The Bertz CT molecular complexity index is 551. The van der Waals surface area contributed by atoms with Gasteiger partial charge in [0.25, 0.3) is 0 Å². The Labute approximate surface area is 144 Å². The van der Waals surface area contributed by atoms with E-state index in [1.807, 2.05) is 20.8 Å². The van der Waals surface area contributed by atoms with Gasteiger partial charge < -0.3 is 9.47 Å². The number of rotatable bonds is 6. The van der Waals surface area contributed by atoms with E-state index < -0.39 is 33.4 Å². The van der Waals surface area contributed by atoms with Crippen LogP contribution in [-0.4, -0.2) is 28.5 Å². The Kier molecular flexibility index (Phi) is 6.86. The third kappa shape index (κ3) is 5.88. The molecule has 4 nitrogen and oxygen atoms in total. The fourth-order valence-electron chi connectivity index (χ4n) is 2.38. The first-order valence-corrected chi connectivity index (χ1v) is 9.28. The van der Waals surface area contributed by atoms with E-state index in [0.29, 0.717) is 31.6 Å². The molecule has 1 saturated heterocycles. The van der Waals surface area contributed by atoms with E-state index in [-0.39, 0.29) is 6.29 Å². The minimum atomic E-state index is -1.36. The predicted molar refractivity (Wildman–Crippen MR) is 89.7 cm³/mol. The zero-order chi connectivity index (χ0) is 17.7. The fourth-order valence-corrected chi connectivity index (χ4v) is 3.25. The van der Waals surface area contributed by atoms with E-state index in [2.05, 4.69) is 4.72 Å². The van der Waals surface area contributed by atoms with Crippen LogP contribution < -0.4 is 4.72 Å². The van der Waals surface area contributed by atoms with Gasteiger partial charge in [0.2, 0.25) is 0 Å². The van der Waals surface area contributed by atoms with Crippen molar-refractivity contribution >= 4 is 11.0 Å². The number of ether oxygens (including phenoxy) is 2. The van der Waals surface area contributed by atoms with Gasteiger partial charge in [-0.2, -0.15) is 0 Å². The lowest BCUT2D eigenvalue weighted by Gasteiger charge is -2.27. The number of hydrogen-bond donors (Lipinski definition) is 1. The van der Waals surface area contributed by atoms with Crippen molar-refractivity contribution in [1.29, 1.82) is 0 Å². The van der Waals surface area contributed by atoms with Crippen LogP contribution >= 0.6 is 0 Å². The molecule has 0 amide bonds. The van der Waals surface area contributed by atoms with Gasteiger partial charge in [0.15, 0.2) is 6.29 Å². The lowest BCUT2D eigenvalue weighted by molar-refractivity contribution is -0.182. The first-order valence-electron chi connectivity index (χ1n) is 8.13. The molecule has 2 rings (SSSR count). The Hall–Kier alpha value is -0.890. The average molecular weight is 361 g/mol. The van der Waals surface area contributed by atoms with Crippen molar-refractivity contribution in [1.82, 2.24) is 4.72 Å². The molecule has 2 atom stereocenters. The summed E-state index contributed by atoms with van der Waals surface area (Å²) in [6, 6.07) is 2.91. The standard InChI is InChI=1S/C17H25F2NO3S/c1-17(2,3)24(21)20-15(5-6-16-22-7-4-8-23-16)12-9-13(18)11-14(19)10-12/h9-11,15-16,20H,4-8H2,1-3H3/t15-,24?/m1/s1. The molecule has 0 aromatic heterocycles. The molecule has 24 heavy (non-hydrogen) atoms. The lowest BCUT2D eigenvalue weighted by Crippen LogP contribution is -2.36. The highest BCUT2D eigenvalue weighted by atomic mass is 32.2. The molecule has 0 spiro atoms. The largest absolute Gasteiger partial charge is 0.353 e. The SMILES string of the molecule is CC(C)(C)S(=O)N[C@H](CCC1OCCCO1)c1cc(F)cc(F)c1. The molecule has 1 aliphatic heterocycles. The topological polar surface area (TPSA) is 47.6 Å². The van der Waals surface area contributed by atoms with E-state index in [4.69, 9.17) is 9.47 Å². The van der Waals surface area contributed by atoms with Crippen LogP contribution in [0.2, 0.25) is 0 Å². The zero-order valence-corrected chi connectivity index (χ0v) is 15.1. The predicted octanol–water partition coefficient (Wildman–Crippen LogP) is 3.60. The van der Waals surface area contributed by atoms with Crippen molar-refractivity contribution in [2.24, 2.45) is 0 Å². The van der Waals surface area contributed by atoms with Gasteiger partial charge in [0.05, 0.1) is 28.9 Å². The Morgan fingerprint density at radius 3 is 2.33 bits per heavy atom. The van der Waals surface area contributed by atoms with Crippen molar-refractivity contribution < 1.29 is 22.5 Å². The van der Waals surface area contributed by atoms with Crippen molar-refractivity contribution in [3.8, 4) is 0 Å². The van der Waals surface area contributed by atoms with Crippen LogP contribution in [-0.2, 0) is 20.5 Å². The summed E-state index contributed by atoms with van der Waals surface area (Å²) in [4.78, 5) is 0. The molecule has 1 aromatic carbocycles. The highest BCUT2D eigenvalue weighted by molar-refractivity contribution is 7.84. The Balaban J connectivity index is 2.12. The molecule has 7 heteroatoms. The molecule has 1 aromatic rings. The molecule has 1 unspecified atom stereocenters. The summed E-state index contributed by atoms with van der Waals surface area (Å²) in [6.07, 6.45) is 1.58. The third-order valence-corrected chi connectivity index (χ3v) is 5.29. The highest BCUT2D eigenvalue weighted by Crippen LogP contribution is 2.25. The summed E-state index contributed by atoms with van der Waals surface area (Å²) in [7, 11) is -1.36. The number of hydrogen-bond acceptors (Lipinski definition) is 3. The second-order valence-electron chi connectivity index (χ2n) is 6.86. The molecule has 1 aliphatic rings. The monoisotopic (exact) mass is 361 g/mol. The maximum Gasteiger partial charge on any atom is 0.157 e. The van der Waals surface area contributed by atoms with Gasteiger partial charge in [-0.25, -0.2) is 17.7 Å². The first kappa shape index (κ1) is 19.4. The van der Waals surface area contributed by atoms with Gasteiger partial charge in [-0.3, -0.25) is 0 Å². The summed E-state index contributed by atoms with van der Waals surface area (Å²) in [5.41, 5.74) is 0.431. The van der Waals surface area contributed by atoms with Crippen LogP contribution in [0.25, 0.3) is 0 Å². The van der Waals surface area contributed by atoms with Crippen LogP contribution in [0.1, 0.15) is 51.6 Å². The maximum absolute atomic E-state index is 13.6. The molecular weight excluding hydrogens is 336 g/mol. The molecule has 0 saturated carbocycles. The van der Waals surface area contributed by atoms with Gasteiger partial charge in [0, 0.05) is 18.5 Å². The van der Waals surface area contributed by atoms with Crippen molar-refractivity contribution in [2.75, 3.05) is 13.2 Å². The van der Waals surface area contributed by atoms with Crippen LogP contribution in [0.3, 0.4) is 0 Å². The van der Waals surface area contributed by atoms with Crippen molar-refractivity contribution in [2.45, 2.75) is 57.1 Å². The molecule has 1 N–H and O–H groups in total. The average Bonchev–Trinajstić information content (AvgIpc) is 2.50. The van der Waals surface area contributed by atoms with Gasteiger partial charge in [-0.05, 0) is 51.3 Å². The molecule has 1 heterocycles. The van der Waals surface area contributed by atoms with Crippen LogP contribution in [0, 0.1) is 11.6 Å². The van der Waals surface area contributed by atoms with E-state index in [0.717, 1.165) is 12.5 Å². The van der Waals surface area contributed by atoms with Crippen molar-refractivity contribution in [3.63, 3.8) is 0 Å². The van der Waals surface area contributed by atoms with Gasteiger partial charge in [-0.1, -0.05) is 0 Å². The van der Waals surface area contributed by atoms with E-state index in [1.54, 1.807) is 0 Å². The molecular formula is C17H25F2NO3S. The Morgan fingerprint density at radius 1 is 1.21 bits per heavy atom. The third-order valence-electron chi connectivity index (χ3n) is 3.68. The van der Waals surface area contributed by atoms with E-state index in [1.165, 1.54) is 12.1 Å². The second kappa shape index (κ2) is 8.47. The molecule has 0 bridgehead atoms. The summed E-state index contributed by atoms with van der Waals surface area (Å²) in [5.74, 6) is -1.30. The molecule has 0 aliphatic carbocycles.